The molecule has 0 aliphatic carbocycles. The van der Waals surface area contributed by atoms with Gasteiger partial charge < -0.3 is 20.6 Å². The Balaban J connectivity index is 2.69. The molecular weight excluding hydrogens is 194 g/mol. The lowest BCUT2D eigenvalue weighted by Crippen LogP contribution is -2.34. The van der Waals surface area contributed by atoms with Gasteiger partial charge in [0.2, 0.25) is 0 Å². The molecule has 0 saturated carbocycles. The van der Waals surface area contributed by atoms with Crippen LogP contribution >= 0.6 is 0 Å². The Morgan fingerprint density at radius 3 is 2.27 bits per heavy atom. The molecule has 84 valence electrons. The second kappa shape index (κ2) is 5.58. The van der Waals surface area contributed by atoms with Crippen LogP contribution in [0.25, 0.3) is 0 Å². The van der Waals surface area contributed by atoms with Gasteiger partial charge in [0, 0.05) is 12.1 Å². The minimum Gasteiger partial charge on any atom is -0.508 e. The molecule has 0 aliphatic heterocycles. The monoisotopic (exact) mass is 211 g/mol. The highest BCUT2D eigenvalue weighted by Gasteiger charge is 2.08. The van der Waals surface area contributed by atoms with Gasteiger partial charge >= 0.3 is 0 Å². The smallest absolute Gasteiger partial charge is 0.119 e. The van der Waals surface area contributed by atoms with E-state index in [1.54, 1.807) is 12.1 Å². The highest BCUT2D eigenvalue weighted by Crippen LogP contribution is 2.21. The maximum absolute atomic E-state index is 9.27. The van der Waals surface area contributed by atoms with Crippen LogP contribution in [-0.2, 0) is 6.42 Å². The third-order valence-electron chi connectivity index (χ3n) is 2.16. The summed E-state index contributed by atoms with van der Waals surface area (Å²) in [4.78, 5) is 0. The van der Waals surface area contributed by atoms with E-state index >= 15 is 0 Å². The Kier molecular flexibility index (Phi) is 4.39. The molecule has 0 saturated heterocycles. The Bertz CT molecular complexity index is 294. The molecular formula is C11H17NO3. The van der Waals surface area contributed by atoms with Gasteiger partial charge in [0.05, 0.1) is 6.61 Å². The number of rotatable bonds is 5. The zero-order chi connectivity index (χ0) is 11.3. The van der Waals surface area contributed by atoms with Crippen molar-refractivity contribution < 1.29 is 15.3 Å². The SMILES string of the molecule is CCNC(CO)Cc1cc(O)cc(O)c1. The molecule has 4 nitrogen and oxygen atoms in total. The highest BCUT2D eigenvalue weighted by atomic mass is 16.3. The molecule has 0 spiro atoms. The summed E-state index contributed by atoms with van der Waals surface area (Å²) in [6, 6.07) is 4.40. The van der Waals surface area contributed by atoms with Crippen molar-refractivity contribution in [3.8, 4) is 11.5 Å². The Hall–Kier alpha value is -1.26. The molecule has 0 bridgehead atoms. The normalized spacial score (nSPS) is 12.7. The molecule has 15 heavy (non-hydrogen) atoms. The van der Waals surface area contributed by atoms with Gasteiger partial charge in [-0.05, 0) is 30.7 Å². The molecule has 4 heteroatoms. The summed E-state index contributed by atoms with van der Waals surface area (Å²) in [5, 5.41) is 30.7. The number of aliphatic hydroxyl groups is 1. The number of aromatic hydroxyl groups is 2. The lowest BCUT2D eigenvalue weighted by atomic mass is 10.1. The molecule has 0 radical (unpaired) electrons. The zero-order valence-corrected chi connectivity index (χ0v) is 8.77. The van der Waals surface area contributed by atoms with E-state index in [0.29, 0.717) is 6.42 Å². The van der Waals surface area contributed by atoms with E-state index in [4.69, 9.17) is 5.11 Å². The molecule has 1 unspecified atom stereocenters. The predicted octanol–water partition coefficient (Wildman–Crippen LogP) is 0.611. The first-order valence-electron chi connectivity index (χ1n) is 5.01. The van der Waals surface area contributed by atoms with Crippen LogP contribution in [0.2, 0.25) is 0 Å². The van der Waals surface area contributed by atoms with Crippen LogP contribution in [0.15, 0.2) is 18.2 Å². The number of aliphatic hydroxyl groups excluding tert-OH is 1. The third kappa shape index (κ3) is 3.77. The van der Waals surface area contributed by atoms with Crippen molar-refractivity contribution in [3.63, 3.8) is 0 Å². The number of phenolic OH excluding ortho intramolecular Hbond substituents is 2. The fourth-order valence-electron chi connectivity index (χ4n) is 1.55. The summed E-state index contributed by atoms with van der Waals surface area (Å²) >= 11 is 0. The molecule has 0 aliphatic rings. The summed E-state index contributed by atoms with van der Waals surface area (Å²) in [6.07, 6.45) is 0.576. The van der Waals surface area contributed by atoms with E-state index in [9.17, 15) is 10.2 Å². The van der Waals surface area contributed by atoms with E-state index < -0.39 is 0 Å². The molecule has 0 amide bonds. The van der Waals surface area contributed by atoms with E-state index in [-0.39, 0.29) is 24.1 Å². The van der Waals surface area contributed by atoms with Gasteiger partial charge in [-0.1, -0.05) is 6.92 Å². The van der Waals surface area contributed by atoms with Crippen molar-refractivity contribution in [2.45, 2.75) is 19.4 Å². The average Bonchev–Trinajstić information content (AvgIpc) is 2.15. The van der Waals surface area contributed by atoms with Crippen molar-refractivity contribution in [2.24, 2.45) is 0 Å². The second-order valence-electron chi connectivity index (χ2n) is 3.50. The van der Waals surface area contributed by atoms with Crippen LogP contribution < -0.4 is 5.32 Å². The van der Waals surface area contributed by atoms with Crippen LogP contribution in [0.4, 0.5) is 0 Å². The van der Waals surface area contributed by atoms with Crippen LogP contribution in [0.1, 0.15) is 12.5 Å². The third-order valence-corrected chi connectivity index (χ3v) is 2.16. The minimum atomic E-state index is -0.0452. The fraction of sp³-hybridized carbons (Fsp3) is 0.455. The van der Waals surface area contributed by atoms with Crippen LogP contribution in [-0.4, -0.2) is 34.5 Å². The van der Waals surface area contributed by atoms with Crippen LogP contribution in [0.3, 0.4) is 0 Å². The first-order chi connectivity index (χ1) is 7.15. The lowest BCUT2D eigenvalue weighted by molar-refractivity contribution is 0.243. The van der Waals surface area contributed by atoms with Crippen molar-refractivity contribution >= 4 is 0 Å². The van der Waals surface area contributed by atoms with Gasteiger partial charge in [0.15, 0.2) is 0 Å². The van der Waals surface area contributed by atoms with E-state index in [0.717, 1.165) is 12.1 Å². The number of hydrogen-bond acceptors (Lipinski definition) is 4. The number of nitrogens with one attached hydrogen (secondary N) is 1. The molecule has 4 N–H and O–H groups in total. The van der Waals surface area contributed by atoms with Gasteiger partial charge in [-0.25, -0.2) is 0 Å². The summed E-state index contributed by atoms with van der Waals surface area (Å²) in [5.41, 5.74) is 0.799. The quantitative estimate of drug-likeness (QED) is 0.576. The maximum Gasteiger partial charge on any atom is 0.119 e. The van der Waals surface area contributed by atoms with Crippen molar-refractivity contribution in [1.29, 1.82) is 0 Å². The number of phenols is 2. The predicted molar refractivity (Wildman–Crippen MR) is 58.0 cm³/mol. The van der Waals surface area contributed by atoms with Gasteiger partial charge in [-0.15, -0.1) is 0 Å². The van der Waals surface area contributed by atoms with Gasteiger partial charge in [-0.3, -0.25) is 0 Å². The van der Waals surface area contributed by atoms with Crippen LogP contribution in [0, 0.1) is 0 Å². The first-order valence-corrected chi connectivity index (χ1v) is 5.01. The lowest BCUT2D eigenvalue weighted by Gasteiger charge is -2.15. The molecule has 0 fully saturated rings. The average molecular weight is 211 g/mol. The Labute approximate surface area is 89.2 Å². The number of hydrogen-bond donors (Lipinski definition) is 4. The van der Waals surface area contributed by atoms with Gasteiger partial charge in [0.25, 0.3) is 0 Å². The molecule has 1 aromatic rings. The van der Waals surface area contributed by atoms with Crippen molar-refractivity contribution in [3.05, 3.63) is 23.8 Å². The van der Waals surface area contributed by atoms with Gasteiger partial charge in [0.1, 0.15) is 11.5 Å². The topological polar surface area (TPSA) is 72.7 Å². The summed E-state index contributed by atoms with van der Waals surface area (Å²) in [5.74, 6) is 0.0800. The standard InChI is InChI=1S/C11H17NO3/c1-2-12-9(7-13)3-8-4-10(14)6-11(15)5-8/h4-6,9,12-15H,2-3,7H2,1H3. The molecule has 1 aromatic carbocycles. The largest absolute Gasteiger partial charge is 0.508 e. The van der Waals surface area contributed by atoms with Crippen molar-refractivity contribution in [2.75, 3.05) is 13.2 Å². The van der Waals surface area contributed by atoms with E-state index in [1.807, 2.05) is 6.92 Å². The first kappa shape index (κ1) is 11.8. The number of benzene rings is 1. The summed E-state index contributed by atoms with van der Waals surface area (Å²) < 4.78 is 0. The molecule has 0 aromatic heterocycles. The molecule has 1 atom stereocenters. The van der Waals surface area contributed by atoms with E-state index in [1.165, 1.54) is 6.07 Å². The van der Waals surface area contributed by atoms with Crippen molar-refractivity contribution in [1.82, 2.24) is 5.32 Å². The summed E-state index contributed by atoms with van der Waals surface area (Å²) in [7, 11) is 0. The Morgan fingerprint density at radius 1 is 1.20 bits per heavy atom. The number of likely N-dealkylation sites (N-methyl/N-ethyl adjacent to an activating group) is 1. The van der Waals surface area contributed by atoms with E-state index in [2.05, 4.69) is 5.32 Å². The second-order valence-corrected chi connectivity index (χ2v) is 3.50. The van der Waals surface area contributed by atoms with Gasteiger partial charge in [-0.2, -0.15) is 0 Å². The minimum absolute atomic E-state index is 0.0320. The molecule has 1 rings (SSSR count). The Morgan fingerprint density at radius 2 is 1.80 bits per heavy atom. The summed E-state index contributed by atoms with van der Waals surface area (Å²) in [6.45, 7) is 2.77. The van der Waals surface area contributed by atoms with Crippen LogP contribution in [0.5, 0.6) is 11.5 Å². The highest BCUT2D eigenvalue weighted by molar-refractivity contribution is 5.36. The zero-order valence-electron chi connectivity index (χ0n) is 8.77. The molecule has 0 heterocycles. The maximum atomic E-state index is 9.27. The fourth-order valence-corrected chi connectivity index (χ4v) is 1.55.